The number of phenolic OH excluding ortho intramolecular Hbond substituents is 1. The first-order valence-electron chi connectivity index (χ1n) is 6.79. The number of methoxy groups -OCH3 is 1. The van der Waals surface area contributed by atoms with E-state index in [-0.39, 0.29) is 11.7 Å². The molecule has 1 N–H and O–H groups in total. The van der Waals surface area contributed by atoms with Gasteiger partial charge < -0.3 is 14.7 Å². The second kappa shape index (κ2) is 6.90. The monoisotopic (exact) mass is 285 g/mol. The molecular weight excluding hydrogens is 266 g/mol. The van der Waals surface area contributed by atoms with Crippen LogP contribution < -0.4 is 0 Å². The Kier molecular flexibility index (Phi) is 4.95. The highest BCUT2D eigenvalue weighted by Crippen LogP contribution is 2.29. The molecule has 0 aliphatic rings. The molecule has 0 saturated carbocycles. The molecule has 4 nitrogen and oxygen atoms in total. The van der Waals surface area contributed by atoms with Crippen molar-refractivity contribution in [1.82, 2.24) is 4.90 Å². The van der Waals surface area contributed by atoms with Gasteiger partial charge in [0.2, 0.25) is 0 Å². The van der Waals surface area contributed by atoms with Crippen molar-refractivity contribution in [3.63, 3.8) is 0 Å². The second-order valence-electron chi connectivity index (χ2n) is 4.72. The number of aromatic hydroxyl groups is 1. The van der Waals surface area contributed by atoms with Crippen LogP contribution in [0.5, 0.6) is 5.75 Å². The average Bonchev–Trinajstić information content (AvgIpc) is 2.51. The molecular formula is C17H19NO3. The van der Waals surface area contributed by atoms with Crippen molar-refractivity contribution in [3.05, 3.63) is 54.6 Å². The fourth-order valence-corrected chi connectivity index (χ4v) is 2.23. The highest BCUT2D eigenvalue weighted by Gasteiger charge is 2.19. The highest BCUT2D eigenvalue weighted by atomic mass is 16.5. The SMILES string of the molecule is C=CCN(CCOC)C(=O)c1ccc2ccccc2c1O. The van der Waals surface area contributed by atoms with Crippen molar-refractivity contribution in [2.75, 3.05) is 26.8 Å². The molecule has 4 heteroatoms. The van der Waals surface area contributed by atoms with E-state index < -0.39 is 0 Å². The summed E-state index contributed by atoms with van der Waals surface area (Å²) in [6.45, 7) is 4.96. The molecule has 0 saturated heterocycles. The van der Waals surface area contributed by atoms with Crippen molar-refractivity contribution in [2.45, 2.75) is 0 Å². The number of hydrogen-bond acceptors (Lipinski definition) is 3. The molecule has 2 rings (SSSR count). The van der Waals surface area contributed by atoms with E-state index in [1.54, 1.807) is 30.2 Å². The Balaban J connectivity index is 2.37. The van der Waals surface area contributed by atoms with E-state index in [9.17, 15) is 9.90 Å². The topological polar surface area (TPSA) is 49.8 Å². The van der Waals surface area contributed by atoms with Gasteiger partial charge in [-0.25, -0.2) is 0 Å². The molecule has 110 valence electrons. The minimum atomic E-state index is -0.227. The maximum absolute atomic E-state index is 12.6. The van der Waals surface area contributed by atoms with Gasteiger partial charge in [-0.3, -0.25) is 4.79 Å². The average molecular weight is 285 g/mol. The fourth-order valence-electron chi connectivity index (χ4n) is 2.23. The van der Waals surface area contributed by atoms with Crippen LogP contribution >= 0.6 is 0 Å². The summed E-state index contributed by atoms with van der Waals surface area (Å²) in [5.41, 5.74) is 0.298. The summed E-state index contributed by atoms with van der Waals surface area (Å²) in [6.07, 6.45) is 1.66. The van der Waals surface area contributed by atoms with Crippen molar-refractivity contribution in [2.24, 2.45) is 0 Å². The molecule has 0 aromatic heterocycles. The van der Waals surface area contributed by atoms with Crippen LogP contribution in [0.3, 0.4) is 0 Å². The van der Waals surface area contributed by atoms with E-state index in [1.807, 2.05) is 24.3 Å². The first kappa shape index (κ1) is 15.1. The summed E-state index contributed by atoms with van der Waals surface area (Å²) in [6, 6.07) is 10.9. The van der Waals surface area contributed by atoms with Gasteiger partial charge in [-0.05, 0) is 11.5 Å². The van der Waals surface area contributed by atoms with Gasteiger partial charge in [0.15, 0.2) is 0 Å². The van der Waals surface area contributed by atoms with Gasteiger partial charge in [-0.2, -0.15) is 0 Å². The number of carbonyl (C=O) groups is 1. The number of phenols is 1. The van der Waals surface area contributed by atoms with E-state index in [0.29, 0.717) is 30.6 Å². The van der Waals surface area contributed by atoms with Crippen LogP contribution in [0.15, 0.2) is 49.1 Å². The molecule has 1 amide bonds. The number of benzene rings is 2. The number of carbonyl (C=O) groups excluding carboxylic acids is 1. The number of fused-ring (bicyclic) bond motifs is 1. The summed E-state index contributed by atoms with van der Waals surface area (Å²) >= 11 is 0. The van der Waals surface area contributed by atoms with Crippen LogP contribution in [0.2, 0.25) is 0 Å². The summed E-state index contributed by atoms with van der Waals surface area (Å²) in [7, 11) is 1.59. The van der Waals surface area contributed by atoms with Crippen LogP contribution in [-0.4, -0.2) is 42.7 Å². The van der Waals surface area contributed by atoms with Gasteiger partial charge in [0.1, 0.15) is 5.75 Å². The maximum Gasteiger partial charge on any atom is 0.257 e. The highest BCUT2D eigenvalue weighted by molar-refractivity contribution is 6.03. The maximum atomic E-state index is 12.6. The summed E-state index contributed by atoms with van der Waals surface area (Å²) in [5, 5.41) is 11.9. The second-order valence-corrected chi connectivity index (χ2v) is 4.72. The van der Waals surface area contributed by atoms with Crippen molar-refractivity contribution < 1.29 is 14.6 Å². The van der Waals surface area contributed by atoms with E-state index >= 15 is 0 Å². The molecule has 0 heterocycles. The minimum absolute atomic E-state index is 0.0181. The summed E-state index contributed by atoms with van der Waals surface area (Å²) < 4.78 is 5.01. The quantitative estimate of drug-likeness (QED) is 0.830. The van der Waals surface area contributed by atoms with Crippen LogP contribution in [0, 0.1) is 0 Å². The lowest BCUT2D eigenvalue weighted by Crippen LogP contribution is -2.34. The fraction of sp³-hybridized carbons (Fsp3) is 0.235. The minimum Gasteiger partial charge on any atom is -0.506 e. The zero-order valence-corrected chi connectivity index (χ0v) is 12.1. The lowest BCUT2D eigenvalue weighted by Gasteiger charge is -2.21. The number of hydrogen-bond donors (Lipinski definition) is 1. The Morgan fingerprint density at radius 3 is 2.81 bits per heavy atom. The third kappa shape index (κ3) is 3.23. The van der Waals surface area contributed by atoms with E-state index in [4.69, 9.17) is 4.74 Å². The predicted molar refractivity (Wildman–Crippen MR) is 83.6 cm³/mol. The van der Waals surface area contributed by atoms with E-state index in [1.165, 1.54) is 0 Å². The molecule has 0 bridgehead atoms. The van der Waals surface area contributed by atoms with Crippen LogP contribution in [-0.2, 0) is 4.74 Å². The van der Waals surface area contributed by atoms with Crippen LogP contribution in [0.25, 0.3) is 10.8 Å². The molecule has 2 aromatic rings. The van der Waals surface area contributed by atoms with Gasteiger partial charge in [-0.1, -0.05) is 36.4 Å². The molecule has 0 fully saturated rings. The summed E-state index contributed by atoms with van der Waals surface area (Å²) in [5.74, 6) is -0.209. The van der Waals surface area contributed by atoms with Crippen LogP contribution in [0.4, 0.5) is 0 Å². The zero-order chi connectivity index (χ0) is 15.2. The molecule has 0 aliphatic heterocycles. The van der Waals surface area contributed by atoms with Crippen molar-refractivity contribution in [3.8, 4) is 5.75 Å². The van der Waals surface area contributed by atoms with Crippen molar-refractivity contribution in [1.29, 1.82) is 0 Å². The number of rotatable bonds is 6. The first-order chi connectivity index (χ1) is 10.2. The normalized spacial score (nSPS) is 10.5. The van der Waals surface area contributed by atoms with Gasteiger partial charge in [0, 0.05) is 25.6 Å². The Labute approximate surface area is 124 Å². The molecule has 0 spiro atoms. The summed E-state index contributed by atoms with van der Waals surface area (Å²) in [4.78, 5) is 14.2. The molecule has 0 radical (unpaired) electrons. The largest absolute Gasteiger partial charge is 0.506 e. The molecule has 0 unspecified atom stereocenters. The standard InChI is InChI=1S/C17H19NO3/c1-3-10-18(11-12-21-2)17(20)15-9-8-13-6-4-5-7-14(13)16(15)19/h3-9,19H,1,10-12H2,2H3. The molecule has 2 aromatic carbocycles. The Morgan fingerprint density at radius 1 is 1.33 bits per heavy atom. The van der Waals surface area contributed by atoms with Gasteiger partial charge in [0.25, 0.3) is 5.91 Å². The van der Waals surface area contributed by atoms with Gasteiger partial charge in [-0.15, -0.1) is 6.58 Å². The Morgan fingerprint density at radius 2 is 2.10 bits per heavy atom. The molecule has 0 aliphatic carbocycles. The van der Waals surface area contributed by atoms with Crippen molar-refractivity contribution >= 4 is 16.7 Å². The zero-order valence-electron chi connectivity index (χ0n) is 12.1. The van der Waals surface area contributed by atoms with E-state index in [0.717, 1.165) is 5.39 Å². The Bertz CT molecular complexity index is 652. The Hall–Kier alpha value is -2.33. The van der Waals surface area contributed by atoms with E-state index in [2.05, 4.69) is 6.58 Å². The molecule has 0 atom stereocenters. The third-order valence-corrected chi connectivity index (χ3v) is 3.33. The smallest absolute Gasteiger partial charge is 0.257 e. The van der Waals surface area contributed by atoms with Crippen LogP contribution in [0.1, 0.15) is 10.4 Å². The first-order valence-corrected chi connectivity index (χ1v) is 6.79. The lowest BCUT2D eigenvalue weighted by atomic mass is 10.0. The number of amides is 1. The molecule has 21 heavy (non-hydrogen) atoms. The third-order valence-electron chi connectivity index (χ3n) is 3.33. The number of ether oxygens (including phenoxy) is 1. The predicted octanol–water partition coefficient (Wildman–Crippen LogP) is 2.82. The number of nitrogens with zero attached hydrogens (tertiary/aromatic N) is 1. The van der Waals surface area contributed by atoms with Gasteiger partial charge in [0.05, 0.1) is 12.2 Å². The van der Waals surface area contributed by atoms with Gasteiger partial charge >= 0.3 is 0 Å². The lowest BCUT2D eigenvalue weighted by molar-refractivity contribution is 0.0715.